The van der Waals surface area contributed by atoms with Gasteiger partial charge in [0.25, 0.3) is 6.01 Å². The topological polar surface area (TPSA) is 174 Å². The summed E-state index contributed by atoms with van der Waals surface area (Å²) < 4.78 is 58.3. The average Bonchev–Trinajstić information content (AvgIpc) is 3.99. The highest BCUT2D eigenvalue weighted by atomic mass is 35.5. The van der Waals surface area contributed by atoms with Crippen molar-refractivity contribution in [1.82, 2.24) is 19.9 Å². The minimum Gasteiger partial charge on any atom is -0.495 e. The Labute approximate surface area is 308 Å². The number of fused-ring (bicyclic) bond motifs is 2. The minimum atomic E-state index is -4.13. The fraction of sp³-hybridized carbons (Fsp3) is 0.611. The van der Waals surface area contributed by atoms with Crippen molar-refractivity contribution >= 4 is 44.8 Å². The summed E-state index contributed by atoms with van der Waals surface area (Å²) in [4.78, 5) is 18.0. The summed E-state index contributed by atoms with van der Waals surface area (Å²) in [6, 6.07) is 9.42. The number of ether oxygens (including phenoxy) is 4. The first-order valence-electron chi connectivity index (χ1n) is 18.1. The lowest BCUT2D eigenvalue weighted by Gasteiger charge is -2.31. The standard InChI is InChI=1S/C36H48ClN5O9S/c1-20(2)16-42(52(45,46)24-9-10-26-31(14-24)50-35(40-26)39-23-7-8-23)17-29(43)27(13-22-6-11-30(47-3)25(37)12-22)41-36(44)51-32-19-49-34-33(32)28(18-48-34)38-15-21-4-5-21/h6,9-12,14,20-21,23,27-29,32-34,38,43H,4-5,7-8,13,15-19H2,1-3H3,(H,39,40)(H,41,44)/t27-,28-,29+,32-,33-,34+/m0/s1. The highest BCUT2D eigenvalue weighted by Crippen LogP contribution is 2.35. The second-order valence-corrected chi connectivity index (χ2v) is 17.1. The van der Waals surface area contributed by atoms with Crippen molar-refractivity contribution < 1.29 is 41.7 Å². The molecule has 14 nitrogen and oxygen atoms in total. The predicted octanol–water partition coefficient (Wildman–Crippen LogP) is 4.15. The van der Waals surface area contributed by atoms with E-state index in [1.807, 2.05) is 13.8 Å². The molecule has 1 aromatic heterocycles. The number of carbonyl (C=O) groups excluding carboxylic acids is 1. The molecule has 1 amide bonds. The minimum absolute atomic E-state index is 0.00671. The highest BCUT2D eigenvalue weighted by Gasteiger charge is 2.50. The van der Waals surface area contributed by atoms with Crippen LogP contribution >= 0.6 is 11.6 Å². The maximum atomic E-state index is 14.2. The fourth-order valence-electron chi connectivity index (χ4n) is 6.84. The molecule has 2 aliphatic heterocycles. The maximum Gasteiger partial charge on any atom is 0.407 e. The van der Waals surface area contributed by atoms with Gasteiger partial charge in [-0.3, -0.25) is 0 Å². The lowest BCUT2D eigenvalue weighted by Crippen LogP contribution is -2.52. The molecule has 0 spiro atoms. The van der Waals surface area contributed by atoms with Crippen LogP contribution in [0.1, 0.15) is 45.1 Å². The number of hydrogen-bond donors (Lipinski definition) is 4. The molecule has 3 aromatic rings. The van der Waals surface area contributed by atoms with Gasteiger partial charge in [0.2, 0.25) is 10.0 Å². The van der Waals surface area contributed by atoms with Crippen LogP contribution in [0.4, 0.5) is 10.8 Å². The number of methoxy groups -OCH3 is 1. The molecule has 4 N–H and O–H groups in total. The zero-order valence-corrected chi connectivity index (χ0v) is 31.2. The van der Waals surface area contributed by atoms with Crippen molar-refractivity contribution in [2.75, 3.05) is 45.3 Å². The zero-order valence-electron chi connectivity index (χ0n) is 29.6. The Morgan fingerprint density at radius 3 is 2.60 bits per heavy atom. The van der Waals surface area contributed by atoms with Gasteiger partial charge in [-0.1, -0.05) is 31.5 Å². The first-order chi connectivity index (χ1) is 25.0. The van der Waals surface area contributed by atoms with Crippen molar-refractivity contribution in [3.8, 4) is 5.75 Å². The Balaban J connectivity index is 1.09. The molecule has 0 bridgehead atoms. The van der Waals surface area contributed by atoms with Gasteiger partial charge in [0, 0.05) is 31.2 Å². The van der Waals surface area contributed by atoms with Crippen LogP contribution in [0.15, 0.2) is 45.7 Å². The molecule has 2 saturated heterocycles. The number of nitrogens with zero attached hydrogens (tertiary/aromatic N) is 2. The summed E-state index contributed by atoms with van der Waals surface area (Å²) in [6.07, 6.45) is 1.48. The van der Waals surface area contributed by atoms with Gasteiger partial charge < -0.3 is 44.4 Å². The van der Waals surface area contributed by atoms with E-state index in [0.717, 1.165) is 19.4 Å². The molecule has 4 aliphatic rings. The van der Waals surface area contributed by atoms with Crippen LogP contribution in [-0.2, 0) is 30.7 Å². The van der Waals surface area contributed by atoms with Crippen molar-refractivity contribution in [3.05, 3.63) is 47.0 Å². The lowest BCUT2D eigenvalue weighted by atomic mass is 9.97. The van der Waals surface area contributed by atoms with Gasteiger partial charge in [0.1, 0.15) is 17.4 Å². The number of nitrogens with one attached hydrogen (secondary N) is 3. The number of oxazole rings is 1. The number of carbonyl (C=O) groups is 1. The molecule has 0 unspecified atom stereocenters. The molecule has 284 valence electrons. The lowest BCUT2D eigenvalue weighted by molar-refractivity contribution is -0.0908. The van der Waals surface area contributed by atoms with E-state index in [0.29, 0.717) is 52.0 Å². The second-order valence-electron chi connectivity index (χ2n) is 14.8. The van der Waals surface area contributed by atoms with Crippen LogP contribution < -0.4 is 20.7 Å². The summed E-state index contributed by atoms with van der Waals surface area (Å²) in [5.74, 6) is 0.890. The van der Waals surface area contributed by atoms with E-state index in [-0.39, 0.29) is 48.9 Å². The van der Waals surface area contributed by atoms with Gasteiger partial charge in [-0.25, -0.2) is 13.2 Å². The summed E-state index contributed by atoms with van der Waals surface area (Å²) in [6.45, 7) is 5.13. The third-order valence-electron chi connectivity index (χ3n) is 10.00. The van der Waals surface area contributed by atoms with Gasteiger partial charge in [-0.05, 0) is 80.3 Å². The maximum absolute atomic E-state index is 14.2. The number of aliphatic hydroxyl groups is 1. The van der Waals surface area contributed by atoms with E-state index in [2.05, 4.69) is 20.9 Å². The molecule has 2 saturated carbocycles. The van der Waals surface area contributed by atoms with E-state index in [1.54, 1.807) is 24.3 Å². The van der Waals surface area contributed by atoms with Crippen LogP contribution in [-0.4, -0.2) is 105 Å². The Hall–Kier alpha value is -3.18. The number of anilines is 1. The monoisotopic (exact) mass is 761 g/mol. The van der Waals surface area contributed by atoms with Gasteiger partial charge in [-0.2, -0.15) is 9.29 Å². The Bertz CT molecular complexity index is 1840. The van der Waals surface area contributed by atoms with E-state index in [9.17, 15) is 18.3 Å². The van der Waals surface area contributed by atoms with Crippen LogP contribution in [0.25, 0.3) is 11.1 Å². The molecule has 0 radical (unpaired) electrons. The molecule has 3 heterocycles. The van der Waals surface area contributed by atoms with E-state index in [4.69, 9.17) is 35.0 Å². The molecule has 2 aromatic carbocycles. The first-order valence-corrected chi connectivity index (χ1v) is 19.9. The van der Waals surface area contributed by atoms with Crippen molar-refractivity contribution in [2.24, 2.45) is 17.8 Å². The molecular weight excluding hydrogens is 714 g/mol. The van der Waals surface area contributed by atoms with Crippen molar-refractivity contribution in [1.29, 1.82) is 0 Å². The number of alkyl carbamates (subject to hydrolysis) is 1. The van der Waals surface area contributed by atoms with Gasteiger partial charge in [0.15, 0.2) is 11.9 Å². The molecule has 7 rings (SSSR count). The number of hydrogen-bond acceptors (Lipinski definition) is 12. The summed E-state index contributed by atoms with van der Waals surface area (Å²) in [7, 11) is -2.62. The molecule has 6 atom stereocenters. The molecule has 52 heavy (non-hydrogen) atoms. The Morgan fingerprint density at radius 2 is 1.88 bits per heavy atom. The Kier molecular flexibility index (Phi) is 11.2. The fourth-order valence-corrected chi connectivity index (χ4v) is 8.76. The van der Waals surface area contributed by atoms with Crippen molar-refractivity contribution in [2.45, 2.75) is 87.5 Å². The SMILES string of the molecule is COc1ccc(C[C@H](NC(=O)O[C@H]2CO[C@H]3OC[C@H](NCC4CC4)[C@H]32)[C@H](O)CN(CC(C)C)S(=O)(=O)c2ccc3nc(NC4CC4)oc3c2)cc1Cl. The summed E-state index contributed by atoms with van der Waals surface area (Å²) >= 11 is 6.43. The van der Waals surface area contributed by atoms with Crippen LogP contribution in [0, 0.1) is 17.8 Å². The Morgan fingerprint density at radius 1 is 1.10 bits per heavy atom. The molecule has 4 fully saturated rings. The second kappa shape index (κ2) is 15.7. The van der Waals surface area contributed by atoms with Crippen LogP contribution in [0.5, 0.6) is 5.75 Å². The average molecular weight is 762 g/mol. The third kappa shape index (κ3) is 8.78. The molecule has 2 aliphatic carbocycles. The number of amides is 1. The normalized spacial score (nSPS) is 24.3. The summed E-state index contributed by atoms with van der Waals surface area (Å²) in [5.41, 5.74) is 1.56. The zero-order chi connectivity index (χ0) is 36.6. The van der Waals surface area contributed by atoms with Gasteiger partial charge in [0.05, 0.1) is 48.3 Å². The quantitative estimate of drug-likeness (QED) is 0.155. The number of sulfonamides is 1. The number of aromatic nitrogens is 1. The number of rotatable bonds is 17. The van der Waals surface area contributed by atoms with Crippen LogP contribution in [0.3, 0.4) is 0 Å². The largest absolute Gasteiger partial charge is 0.495 e. The third-order valence-corrected chi connectivity index (χ3v) is 12.1. The predicted molar refractivity (Wildman–Crippen MR) is 193 cm³/mol. The highest BCUT2D eigenvalue weighted by molar-refractivity contribution is 7.89. The van der Waals surface area contributed by atoms with E-state index < -0.39 is 40.7 Å². The number of benzene rings is 2. The van der Waals surface area contributed by atoms with E-state index in [1.165, 1.54) is 36.4 Å². The first kappa shape index (κ1) is 37.1. The van der Waals surface area contributed by atoms with Crippen LogP contribution in [0.2, 0.25) is 5.02 Å². The van der Waals surface area contributed by atoms with Crippen molar-refractivity contribution in [3.63, 3.8) is 0 Å². The van der Waals surface area contributed by atoms with Gasteiger partial charge in [-0.15, -0.1) is 0 Å². The number of halogens is 1. The van der Waals surface area contributed by atoms with E-state index >= 15 is 0 Å². The summed E-state index contributed by atoms with van der Waals surface area (Å²) in [5, 5.41) is 21.8. The molecular formula is C36H48ClN5O9S. The van der Waals surface area contributed by atoms with Gasteiger partial charge >= 0.3 is 6.09 Å². The smallest absolute Gasteiger partial charge is 0.407 e. The molecule has 16 heteroatoms. The number of aliphatic hydroxyl groups excluding tert-OH is 1.